The van der Waals surface area contributed by atoms with Gasteiger partial charge < -0.3 is 5.11 Å². The van der Waals surface area contributed by atoms with Crippen LogP contribution in [0.4, 0.5) is 5.69 Å². The first-order chi connectivity index (χ1) is 10.6. The number of non-ortho nitro benzene ring substituents is 1. The van der Waals surface area contributed by atoms with E-state index in [0.717, 1.165) is 6.07 Å². The average Bonchev–Trinajstić information content (AvgIpc) is 2.44. The van der Waals surface area contributed by atoms with Crippen LogP contribution in [0, 0.1) is 16.0 Å². The quantitative estimate of drug-likeness (QED) is 0.548. The van der Waals surface area contributed by atoms with Gasteiger partial charge in [0.2, 0.25) is 10.0 Å². The number of rotatable bonds is 8. The molecule has 0 heterocycles. The van der Waals surface area contributed by atoms with Crippen molar-refractivity contribution in [2.24, 2.45) is 5.92 Å². The maximum absolute atomic E-state index is 12.5. The molecule has 0 bridgehead atoms. The summed E-state index contributed by atoms with van der Waals surface area (Å²) in [5, 5.41) is 20.0. The van der Waals surface area contributed by atoms with Crippen molar-refractivity contribution in [3.63, 3.8) is 0 Å². The number of hydrogen-bond donors (Lipinski definition) is 2. The van der Waals surface area contributed by atoms with Crippen molar-refractivity contribution in [2.45, 2.75) is 44.6 Å². The van der Waals surface area contributed by atoms with Crippen LogP contribution in [-0.2, 0) is 21.2 Å². The van der Waals surface area contributed by atoms with Gasteiger partial charge in [-0.25, -0.2) is 8.42 Å². The number of aliphatic carboxylic acids is 1. The lowest BCUT2D eigenvalue weighted by Gasteiger charge is -2.17. The van der Waals surface area contributed by atoms with Gasteiger partial charge in [-0.2, -0.15) is 4.72 Å². The first-order valence-corrected chi connectivity index (χ1v) is 8.59. The zero-order valence-corrected chi connectivity index (χ0v) is 14.0. The highest BCUT2D eigenvalue weighted by Crippen LogP contribution is 2.23. The summed E-state index contributed by atoms with van der Waals surface area (Å²) >= 11 is 0. The molecule has 2 N–H and O–H groups in total. The maximum Gasteiger partial charge on any atom is 0.321 e. The number of nitrogens with zero attached hydrogens (tertiary/aromatic N) is 1. The highest BCUT2D eigenvalue weighted by molar-refractivity contribution is 7.89. The molecule has 1 rings (SSSR count). The highest BCUT2D eigenvalue weighted by Gasteiger charge is 2.28. The Hall–Kier alpha value is -2.00. The van der Waals surface area contributed by atoms with Crippen LogP contribution in [0.3, 0.4) is 0 Å². The summed E-state index contributed by atoms with van der Waals surface area (Å²) in [6.45, 7) is 5.26. The molecule has 0 saturated heterocycles. The topological polar surface area (TPSA) is 127 Å². The number of carboxylic acids is 1. The molecule has 0 aliphatic carbocycles. The number of nitro groups is 1. The molecule has 1 atom stereocenters. The van der Waals surface area contributed by atoms with E-state index in [1.165, 1.54) is 12.1 Å². The molecule has 0 spiro atoms. The van der Waals surface area contributed by atoms with Gasteiger partial charge in [-0.15, -0.1) is 0 Å². The van der Waals surface area contributed by atoms with Crippen molar-refractivity contribution in [3.05, 3.63) is 33.9 Å². The molecular weight excluding hydrogens is 324 g/mol. The molecule has 0 amide bonds. The number of nitro benzene ring substituents is 1. The van der Waals surface area contributed by atoms with E-state index in [4.69, 9.17) is 5.11 Å². The Morgan fingerprint density at radius 3 is 2.43 bits per heavy atom. The summed E-state index contributed by atoms with van der Waals surface area (Å²) in [4.78, 5) is 21.1. The zero-order valence-electron chi connectivity index (χ0n) is 13.1. The van der Waals surface area contributed by atoms with Crippen LogP contribution in [0.25, 0.3) is 0 Å². The monoisotopic (exact) mass is 344 g/mol. The largest absolute Gasteiger partial charge is 0.480 e. The van der Waals surface area contributed by atoms with Gasteiger partial charge in [0.25, 0.3) is 5.69 Å². The van der Waals surface area contributed by atoms with Gasteiger partial charge in [-0.1, -0.05) is 26.8 Å². The summed E-state index contributed by atoms with van der Waals surface area (Å²) < 4.78 is 27.1. The van der Waals surface area contributed by atoms with Crippen LogP contribution in [-0.4, -0.2) is 30.5 Å². The second-order valence-corrected chi connectivity index (χ2v) is 7.23. The molecule has 1 aromatic rings. The van der Waals surface area contributed by atoms with Crippen LogP contribution >= 0.6 is 0 Å². The minimum atomic E-state index is -4.18. The molecule has 0 aromatic heterocycles. The summed E-state index contributed by atoms with van der Waals surface area (Å²) in [5.41, 5.74) is 0.0232. The second-order valence-electron chi connectivity index (χ2n) is 5.54. The number of sulfonamides is 1. The van der Waals surface area contributed by atoms with Gasteiger partial charge in [-0.05, 0) is 24.3 Å². The van der Waals surface area contributed by atoms with Crippen LogP contribution in [0.1, 0.15) is 32.8 Å². The summed E-state index contributed by atoms with van der Waals surface area (Å²) in [6.07, 6.45) is 0.459. The van der Waals surface area contributed by atoms with Crippen LogP contribution in [0.15, 0.2) is 23.1 Å². The smallest absolute Gasteiger partial charge is 0.321 e. The zero-order chi connectivity index (χ0) is 17.8. The lowest BCUT2D eigenvalue weighted by molar-refractivity contribution is -0.385. The fourth-order valence-corrected chi connectivity index (χ4v) is 3.65. The third-order valence-corrected chi connectivity index (χ3v) is 4.79. The average molecular weight is 344 g/mol. The van der Waals surface area contributed by atoms with E-state index < -0.39 is 27.0 Å². The SMILES string of the molecule is CCc1ccc([N+](=O)[O-])cc1S(=O)(=O)N[C@H](CC(C)C)C(=O)O. The molecule has 0 saturated carbocycles. The Bertz CT molecular complexity index is 699. The maximum atomic E-state index is 12.5. The van der Waals surface area contributed by atoms with Crippen molar-refractivity contribution in [1.82, 2.24) is 4.72 Å². The van der Waals surface area contributed by atoms with Gasteiger partial charge in [0.1, 0.15) is 6.04 Å². The fourth-order valence-electron chi connectivity index (χ4n) is 2.12. The normalized spacial score (nSPS) is 13.0. The fraction of sp³-hybridized carbons (Fsp3) is 0.500. The van der Waals surface area contributed by atoms with E-state index in [0.29, 0.717) is 12.0 Å². The van der Waals surface area contributed by atoms with E-state index >= 15 is 0 Å². The minimum absolute atomic E-state index is 0.0328. The number of carboxylic acid groups (broad SMARTS) is 1. The number of nitrogens with one attached hydrogen (secondary N) is 1. The van der Waals surface area contributed by atoms with E-state index in [1.807, 2.05) is 0 Å². The number of aryl methyl sites for hydroxylation is 1. The van der Waals surface area contributed by atoms with Crippen molar-refractivity contribution < 1.29 is 23.2 Å². The third-order valence-electron chi connectivity index (χ3n) is 3.23. The molecule has 0 unspecified atom stereocenters. The summed E-state index contributed by atoms with van der Waals surface area (Å²) in [6, 6.07) is 2.25. The van der Waals surface area contributed by atoms with Gasteiger partial charge in [0, 0.05) is 12.1 Å². The number of benzene rings is 1. The Labute approximate surface area is 134 Å². The Balaban J connectivity index is 3.28. The molecule has 0 radical (unpaired) electrons. The standard InChI is InChI=1S/C14H20N2O6S/c1-4-10-5-6-11(16(19)20)8-13(10)23(21,22)15-12(14(17)18)7-9(2)3/h5-6,8-9,12,15H,4,7H2,1-3H3,(H,17,18)/t12-/m1/s1. The van der Waals surface area contributed by atoms with Crippen LogP contribution in [0.5, 0.6) is 0 Å². The molecular formula is C14H20N2O6S. The Morgan fingerprint density at radius 2 is 2.00 bits per heavy atom. The second kappa shape index (κ2) is 7.51. The molecule has 8 nitrogen and oxygen atoms in total. The molecule has 0 aliphatic rings. The minimum Gasteiger partial charge on any atom is -0.480 e. The van der Waals surface area contributed by atoms with Gasteiger partial charge in [0.15, 0.2) is 0 Å². The van der Waals surface area contributed by atoms with Gasteiger partial charge in [-0.3, -0.25) is 14.9 Å². The van der Waals surface area contributed by atoms with Gasteiger partial charge >= 0.3 is 5.97 Å². The third kappa shape index (κ3) is 5.00. The number of carbonyl (C=O) groups is 1. The van der Waals surface area contributed by atoms with Crippen molar-refractivity contribution in [2.75, 3.05) is 0 Å². The molecule has 23 heavy (non-hydrogen) atoms. The molecule has 128 valence electrons. The predicted molar refractivity (Wildman–Crippen MR) is 83.7 cm³/mol. The lowest BCUT2D eigenvalue weighted by atomic mass is 10.1. The first kappa shape index (κ1) is 19.0. The first-order valence-electron chi connectivity index (χ1n) is 7.11. The Morgan fingerprint density at radius 1 is 1.39 bits per heavy atom. The van der Waals surface area contributed by atoms with Crippen molar-refractivity contribution in [1.29, 1.82) is 0 Å². The van der Waals surface area contributed by atoms with Gasteiger partial charge in [0.05, 0.1) is 9.82 Å². The molecule has 9 heteroatoms. The van der Waals surface area contributed by atoms with E-state index in [-0.39, 0.29) is 22.9 Å². The lowest BCUT2D eigenvalue weighted by Crippen LogP contribution is -2.41. The van der Waals surface area contributed by atoms with E-state index in [1.54, 1.807) is 20.8 Å². The predicted octanol–water partition coefficient (Wildman–Crippen LogP) is 1.93. The molecule has 0 fully saturated rings. The van der Waals surface area contributed by atoms with E-state index in [9.17, 15) is 23.3 Å². The van der Waals surface area contributed by atoms with Crippen molar-refractivity contribution in [3.8, 4) is 0 Å². The molecule has 0 aliphatic heterocycles. The number of hydrogen-bond acceptors (Lipinski definition) is 5. The van der Waals surface area contributed by atoms with E-state index in [2.05, 4.69) is 4.72 Å². The van der Waals surface area contributed by atoms with Crippen molar-refractivity contribution >= 4 is 21.7 Å². The highest BCUT2D eigenvalue weighted by atomic mass is 32.2. The van der Waals surface area contributed by atoms with Crippen LogP contribution < -0.4 is 4.72 Å². The summed E-state index contributed by atoms with van der Waals surface area (Å²) in [5.74, 6) is -1.32. The Kier molecular flexibility index (Phi) is 6.22. The molecule has 1 aromatic carbocycles. The summed E-state index contributed by atoms with van der Waals surface area (Å²) in [7, 11) is -4.18. The van der Waals surface area contributed by atoms with Crippen LogP contribution in [0.2, 0.25) is 0 Å².